The highest BCUT2D eigenvalue weighted by Crippen LogP contribution is 2.01. The first-order chi connectivity index (χ1) is 7.81. The Morgan fingerprint density at radius 2 is 1.44 bits per heavy atom. The molecular weight excluding hydrogens is 196 g/mol. The van der Waals surface area contributed by atoms with Crippen molar-refractivity contribution < 1.29 is 0 Å². The van der Waals surface area contributed by atoms with Crippen LogP contribution in [0.1, 0.15) is 58.8 Å². The van der Waals surface area contributed by atoms with Crippen LogP contribution in [0, 0.1) is 0 Å². The standard InChI is InChI=1S/C14H32N2/c1-4-6-13-16(3)14-10-8-7-9-12-15-11-5-2/h15H,4-14H2,1-3H3. The van der Waals surface area contributed by atoms with Crippen molar-refractivity contribution >= 4 is 0 Å². The number of nitrogens with one attached hydrogen (secondary N) is 1. The molecule has 0 radical (unpaired) electrons. The van der Waals surface area contributed by atoms with E-state index in [9.17, 15) is 0 Å². The van der Waals surface area contributed by atoms with Gasteiger partial charge in [-0.1, -0.05) is 33.1 Å². The van der Waals surface area contributed by atoms with Gasteiger partial charge in [-0.25, -0.2) is 0 Å². The van der Waals surface area contributed by atoms with E-state index in [0.717, 1.165) is 0 Å². The normalized spacial score (nSPS) is 11.2. The van der Waals surface area contributed by atoms with E-state index in [2.05, 4.69) is 31.1 Å². The number of rotatable bonds is 12. The van der Waals surface area contributed by atoms with Crippen LogP contribution in [0.2, 0.25) is 0 Å². The summed E-state index contributed by atoms with van der Waals surface area (Å²) in [4.78, 5) is 2.47. The van der Waals surface area contributed by atoms with Gasteiger partial charge in [-0.3, -0.25) is 0 Å². The largest absolute Gasteiger partial charge is 0.317 e. The number of hydrogen-bond acceptors (Lipinski definition) is 2. The summed E-state index contributed by atoms with van der Waals surface area (Å²) in [6.07, 6.45) is 9.41. The maximum atomic E-state index is 3.45. The second kappa shape index (κ2) is 13.0. The van der Waals surface area contributed by atoms with Crippen molar-refractivity contribution in [3.8, 4) is 0 Å². The van der Waals surface area contributed by atoms with Crippen LogP contribution in [0.15, 0.2) is 0 Å². The minimum Gasteiger partial charge on any atom is -0.317 e. The lowest BCUT2D eigenvalue weighted by Crippen LogP contribution is -2.20. The minimum atomic E-state index is 1.18. The van der Waals surface area contributed by atoms with Crippen molar-refractivity contribution in [3.05, 3.63) is 0 Å². The molecule has 2 heteroatoms. The Morgan fingerprint density at radius 1 is 0.750 bits per heavy atom. The van der Waals surface area contributed by atoms with Gasteiger partial charge in [0.1, 0.15) is 0 Å². The molecule has 0 saturated carbocycles. The van der Waals surface area contributed by atoms with Crippen molar-refractivity contribution in [1.29, 1.82) is 0 Å². The van der Waals surface area contributed by atoms with Crippen molar-refractivity contribution in [2.24, 2.45) is 0 Å². The smallest absolute Gasteiger partial charge is 0.00218 e. The molecule has 0 rings (SSSR count). The van der Waals surface area contributed by atoms with Gasteiger partial charge in [0.25, 0.3) is 0 Å². The molecule has 16 heavy (non-hydrogen) atoms. The summed E-state index contributed by atoms with van der Waals surface area (Å²) < 4.78 is 0. The fourth-order valence-electron chi connectivity index (χ4n) is 1.83. The van der Waals surface area contributed by atoms with Gasteiger partial charge in [-0.05, 0) is 58.9 Å². The Kier molecular flexibility index (Phi) is 12.9. The first-order valence-corrected chi connectivity index (χ1v) is 7.20. The van der Waals surface area contributed by atoms with Gasteiger partial charge in [-0.2, -0.15) is 0 Å². The third-order valence-electron chi connectivity index (χ3n) is 2.96. The van der Waals surface area contributed by atoms with E-state index in [1.165, 1.54) is 71.1 Å². The van der Waals surface area contributed by atoms with Gasteiger partial charge < -0.3 is 10.2 Å². The summed E-state index contributed by atoms with van der Waals surface area (Å²) >= 11 is 0. The fraction of sp³-hybridized carbons (Fsp3) is 1.00. The molecule has 0 aliphatic heterocycles. The lowest BCUT2D eigenvalue weighted by Gasteiger charge is -2.15. The predicted octanol–water partition coefficient (Wildman–Crippen LogP) is 3.28. The Bertz CT molecular complexity index is 126. The van der Waals surface area contributed by atoms with Crippen LogP contribution in [0.4, 0.5) is 0 Å². The summed E-state index contributed by atoms with van der Waals surface area (Å²) in [6.45, 7) is 9.42. The van der Waals surface area contributed by atoms with E-state index in [0.29, 0.717) is 0 Å². The summed E-state index contributed by atoms with van der Waals surface area (Å²) in [5.41, 5.74) is 0. The molecule has 0 aromatic rings. The quantitative estimate of drug-likeness (QED) is 0.516. The molecule has 0 fully saturated rings. The summed E-state index contributed by atoms with van der Waals surface area (Å²) in [5.74, 6) is 0. The van der Waals surface area contributed by atoms with Gasteiger partial charge in [-0.15, -0.1) is 0 Å². The molecule has 98 valence electrons. The molecule has 0 amide bonds. The van der Waals surface area contributed by atoms with Gasteiger partial charge in [0.15, 0.2) is 0 Å². The van der Waals surface area contributed by atoms with E-state index in [4.69, 9.17) is 0 Å². The molecule has 0 bridgehead atoms. The summed E-state index contributed by atoms with van der Waals surface area (Å²) in [5, 5.41) is 3.45. The zero-order valence-electron chi connectivity index (χ0n) is 11.7. The van der Waals surface area contributed by atoms with Crippen LogP contribution in [0.25, 0.3) is 0 Å². The zero-order valence-corrected chi connectivity index (χ0v) is 11.7. The molecule has 0 heterocycles. The van der Waals surface area contributed by atoms with Gasteiger partial charge in [0.05, 0.1) is 0 Å². The van der Waals surface area contributed by atoms with Crippen molar-refractivity contribution in [2.45, 2.75) is 58.8 Å². The Balaban J connectivity index is 3.02. The molecule has 0 atom stereocenters. The molecule has 0 spiro atoms. The molecule has 0 aliphatic rings. The summed E-state index contributed by atoms with van der Waals surface area (Å²) in [7, 11) is 2.25. The van der Waals surface area contributed by atoms with Crippen LogP contribution in [-0.4, -0.2) is 38.1 Å². The Hall–Kier alpha value is -0.0800. The Morgan fingerprint density at radius 3 is 2.12 bits per heavy atom. The van der Waals surface area contributed by atoms with Gasteiger partial charge in [0, 0.05) is 0 Å². The lowest BCUT2D eigenvalue weighted by molar-refractivity contribution is 0.318. The fourth-order valence-corrected chi connectivity index (χ4v) is 1.83. The first kappa shape index (κ1) is 15.9. The van der Waals surface area contributed by atoms with E-state index in [-0.39, 0.29) is 0 Å². The predicted molar refractivity (Wildman–Crippen MR) is 74.0 cm³/mol. The maximum Gasteiger partial charge on any atom is -0.00218 e. The number of nitrogens with zero attached hydrogens (tertiary/aromatic N) is 1. The second-order valence-corrected chi connectivity index (χ2v) is 4.82. The SMILES string of the molecule is CCCCN(C)CCCCCCNCCC. The van der Waals surface area contributed by atoms with Crippen LogP contribution < -0.4 is 5.32 Å². The molecular formula is C14H32N2. The maximum absolute atomic E-state index is 3.45. The van der Waals surface area contributed by atoms with E-state index in [1.807, 2.05) is 0 Å². The monoisotopic (exact) mass is 228 g/mol. The average molecular weight is 228 g/mol. The van der Waals surface area contributed by atoms with Crippen molar-refractivity contribution in [2.75, 3.05) is 33.2 Å². The third kappa shape index (κ3) is 12.0. The van der Waals surface area contributed by atoms with Crippen LogP contribution in [0.3, 0.4) is 0 Å². The summed E-state index contributed by atoms with van der Waals surface area (Å²) in [6, 6.07) is 0. The van der Waals surface area contributed by atoms with Crippen LogP contribution in [-0.2, 0) is 0 Å². The molecule has 1 N–H and O–H groups in total. The van der Waals surface area contributed by atoms with Crippen LogP contribution >= 0.6 is 0 Å². The highest BCUT2D eigenvalue weighted by atomic mass is 15.1. The first-order valence-electron chi connectivity index (χ1n) is 7.20. The van der Waals surface area contributed by atoms with E-state index < -0.39 is 0 Å². The number of unbranched alkanes of at least 4 members (excludes halogenated alkanes) is 4. The molecule has 0 saturated heterocycles. The molecule has 0 aliphatic carbocycles. The Labute approximate surface area is 103 Å². The van der Waals surface area contributed by atoms with Crippen LogP contribution in [0.5, 0.6) is 0 Å². The molecule has 2 nitrogen and oxygen atoms in total. The van der Waals surface area contributed by atoms with E-state index in [1.54, 1.807) is 0 Å². The highest BCUT2D eigenvalue weighted by Gasteiger charge is 1.96. The zero-order chi connectivity index (χ0) is 12.1. The minimum absolute atomic E-state index is 1.18. The average Bonchev–Trinajstić information content (AvgIpc) is 2.30. The highest BCUT2D eigenvalue weighted by molar-refractivity contribution is 4.53. The third-order valence-corrected chi connectivity index (χ3v) is 2.96. The van der Waals surface area contributed by atoms with Gasteiger partial charge >= 0.3 is 0 Å². The van der Waals surface area contributed by atoms with Gasteiger partial charge in [0.2, 0.25) is 0 Å². The molecule has 0 aromatic carbocycles. The van der Waals surface area contributed by atoms with Crippen molar-refractivity contribution in [1.82, 2.24) is 10.2 Å². The lowest BCUT2D eigenvalue weighted by atomic mass is 10.2. The topological polar surface area (TPSA) is 15.3 Å². The second-order valence-electron chi connectivity index (χ2n) is 4.82. The molecule has 0 unspecified atom stereocenters. The van der Waals surface area contributed by atoms with E-state index >= 15 is 0 Å². The molecule has 0 aromatic heterocycles. The number of hydrogen-bond donors (Lipinski definition) is 1. The van der Waals surface area contributed by atoms with Crippen molar-refractivity contribution in [3.63, 3.8) is 0 Å².